The molecule has 1 nitrogen and oxygen atoms in total. The highest BCUT2D eigenvalue weighted by Gasteiger charge is 2.18. The highest BCUT2D eigenvalue weighted by molar-refractivity contribution is 9.10. The zero-order chi connectivity index (χ0) is 10.1. The predicted molar refractivity (Wildman–Crippen MR) is 66.9 cm³/mol. The molecule has 0 saturated heterocycles. The van der Waals surface area contributed by atoms with E-state index in [1.54, 1.807) is 0 Å². The molecule has 1 atom stereocenters. The summed E-state index contributed by atoms with van der Waals surface area (Å²) in [6, 6.07) is 4.17. The molecular formula is C10H11BrClNS. The standard InChI is InChI=1S/C10H11BrClNS/c11-6-3-7-8(9(12)4-6)5-14-2-1-10(7)13/h3-4,10H,1-2,5,13H2. The highest BCUT2D eigenvalue weighted by atomic mass is 79.9. The van der Waals surface area contributed by atoms with Gasteiger partial charge < -0.3 is 5.73 Å². The Kier molecular flexibility index (Phi) is 3.42. The van der Waals surface area contributed by atoms with E-state index in [2.05, 4.69) is 22.0 Å². The lowest BCUT2D eigenvalue weighted by atomic mass is 10.0. The Morgan fingerprint density at radius 2 is 2.29 bits per heavy atom. The van der Waals surface area contributed by atoms with E-state index < -0.39 is 0 Å². The molecule has 1 aromatic carbocycles. The van der Waals surface area contributed by atoms with Crippen LogP contribution in [-0.4, -0.2) is 5.75 Å². The van der Waals surface area contributed by atoms with E-state index in [0.29, 0.717) is 0 Å². The zero-order valence-electron chi connectivity index (χ0n) is 7.59. The molecule has 0 radical (unpaired) electrons. The molecule has 14 heavy (non-hydrogen) atoms. The van der Waals surface area contributed by atoms with Crippen molar-refractivity contribution in [3.63, 3.8) is 0 Å². The van der Waals surface area contributed by atoms with Gasteiger partial charge in [-0.3, -0.25) is 0 Å². The van der Waals surface area contributed by atoms with Crippen molar-refractivity contribution in [2.24, 2.45) is 5.73 Å². The van der Waals surface area contributed by atoms with Gasteiger partial charge in [0.2, 0.25) is 0 Å². The first-order valence-corrected chi connectivity index (χ1v) is 6.82. The van der Waals surface area contributed by atoms with Crippen molar-refractivity contribution in [2.45, 2.75) is 18.2 Å². The van der Waals surface area contributed by atoms with Crippen LogP contribution < -0.4 is 5.73 Å². The van der Waals surface area contributed by atoms with Gasteiger partial charge in [-0.15, -0.1) is 0 Å². The Bertz CT molecular complexity index is 356. The summed E-state index contributed by atoms with van der Waals surface area (Å²) < 4.78 is 1.02. The quantitative estimate of drug-likeness (QED) is 0.788. The van der Waals surface area contributed by atoms with Crippen LogP contribution in [-0.2, 0) is 5.75 Å². The molecule has 0 fully saturated rings. The number of halogens is 2. The zero-order valence-corrected chi connectivity index (χ0v) is 10.8. The number of nitrogens with two attached hydrogens (primary N) is 1. The van der Waals surface area contributed by atoms with E-state index >= 15 is 0 Å². The molecule has 0 amide bonds. The summed E-state index contributed by atoms with van der Waals surface area (Å²) in [4.78, 5) is 0. The first-order valence-electron chi connectivity index (χ1n) is 4.49. The third-order valence-corrected chi connectivity index (χ3v) is 4.23. The minimum Gasteiger partial charge on any atom is -0.324 e. The van der Waals surface area contributed by atoms with Gasteiger partial charge in [0.15, 0.2) is 0 Å². The third kappa shape index (κ3) is 2.11. The topological polar surface area (TPSA) is 26.0 Å². The number of hydrogen-bond donors (Lipinski definition) is 1. The van der Waals surface area contributed by atoms with Crippen LogP contribution >= 0.6 is 39.3 Å². The van der Waals surface area contributed by atoms with E-state index in [1.807, 2.05) is 17.8 Å². The average molecular weight is 293 g/mol. The second-order valence-electron chi connectivity index (χ2n) is 3.40. The van der Waals surface area contributed by atoms with Crippen molar-refractivity contribution in [3.8, 4) is 0 Å². The summed E-state index contributed by atoms with van der Waals surface area (Å²) in [5, 5.41) is 0.833. The molecule has 76 valence electrons. The summed E-state index contributed by atoms with van der Waals surface area (Å²) in [5.41, 5.74) is 8.51. The van der Waals surface area contributed by atoms with Crippen molar-refractivity contribution < 1.29 is 0 Å². The van der Waals surface area contributed by atoms with E-state index in [0.717, 1.165) is 27.4 Å². The summed E-state index contributed by atoms with van der Waals surface area (Å²) in [5.74, 6) is 2.10. The first-order chi connectivity index (χ1) is 6.68. The van der Waals surface area contributed by atoms with Crippen LogP contribution in [0.2, 0.25) is 5.02 Å². The lowest BCUT2D eigenvalue weighted by Crippen LogP contribution is -2.11. The minimum atomic E-state index is 0.134. The Labute approximate surface area is 102 Å². The van der Waals surface area contributed by atoms with E-state index in [1.165, 1.54) is 11.1 Å². The molecule has 0 spiro atoms. The van der Waals surface area contributed by atoms with Crippen LogP contribution in [0, 0.1) is 0 Å². The summed E-state index contributed by atoms with van der Waals surface area (Å²) in [7, 11) is 0. The number of thioether (sulfide) groups is 1. The van der Waals surface area contributed by atoms with Gasteiger partial charge >= 0.3 is 0 Å². The van der Waals surface area contributed by atoms with Crippen molar-refractivity contribution in [1.82, 2.24) is 0 Å². The van der Waals surface area contributed by atoms with Gasteiger partial charge in [-0.05, 0) is 35.4 Å². The minimum absolute atomic E-state index is 0.134. The van der Waals surface area contributed by atoms with Gasteiger partial charge in [-0.2, -0.15) is 11.8 Å². The molecule has 0 aromatic heterocycles. The molecule has 1 aliphatic heterocycles. The maximum Gasteiger partial charge on any atom is 0.0460 e. The molecule has 2 N–H and O–H groups in total. The molecule has 1 unspecified atom stereocenters. The van der Waals surface area contributed by atoms with Gasteiger partial charge in [0, 0.05) is 21.3 Å². The molecule has 0 saturated carbocycles. The molecule has 0 aliphatic carbocycles. The summed E-state index contributed by atoms with van der Waals surface area (Å²) in [6.45, 7) is 0. The normalized spacial score (nSPS) is 21.5. The van der Waals surface area contributed by atoms with Crippen LogP contribution in [0.15, 0.2) is 16.6 Å². The monoisotopic (exact) mass is 291 g/mol. The SMILES string of the molecule is NC1CCSCc2c(Cl)cc(Br)cc21. The van der Waals surface area contributed by atoms with Gasteiger partial charge in [-0.1, -0.05) is 27.5 Å². The first kappa shape index (κ1) is 10.8. The number of rotatable bonds is 0. The lowest BCUT2D eigenvalue weighted by Gasteiger charge is -2.13. The van der Waals surface area contributed by atoms with Gasteiger partial charge in [0.25, 0.3) is 0 Å². The maximum atomic E-state index is 6.19. The molecule has 4 heteroatoms. The number of hydrogen-bond acceptors (Lipinski definition) is 2. The fraction of sp³-hybridized carbons (Fsp3) is 0.400. The Morgan fingerprint density at radius 3 is 3.07 bits per heavy atom. The average Bonchev–Trinajstić information content (AvgIpc) is 2.29. The third-order valence-electron chi connectivity index (χ3n) is 2.41. The van der Waals surface area contributed by atoms with Gasteiger partial charge in [0.1, 0.15) is 0 Å². The molecule has 1 aromatic rings. The van der Waals surface area contributed by atoms with Crippen LogP contribution in [0.4, 0.5) is 0 Å². The van der Waals surface area contributed by atoms with E-state index in [-0.39, 0.29) is 6.04 Å². The highest BCUT2D eigenvalue weighted by Crippen LogP contribution is 2.35. The van der Waals surface area contributed by atoms with E-state index in [4.69, 9.17) is 17.3 Å². The Hall–Kier alpha value is 0.300. The van der Waals surface area contributed by atoms with E-state index in [9.17, 15) is 0 Å². The largest absolute Gasteiger partial charge is 0.324 e. The van der Waals surface area contributed by atoms with Crippen LogP contribution in [0.3, 0.4) is 0 Å². The van der Waals surface area contributed by atoms with Crippen LogP contribution in [0.1, 0.15) is 23.6 Å². The van der Waals surface area contributed by atoms with Crippen molar-refractivity contribution >= 4 is 39.3 Å². The number of fused-ring (bicyclic) bond motifs is 1. The molecule has 1 aliphatic rings. The summed E-state index contributed by atoms with van der Waals surface area (Å²) >= 11 is 11.5. The Morgan fingerprint density at radius 1 is 1.50 bits per heavy atom. The second kappa shape index (κ2) is 4.44. The smallest absolute Gasteiger partial charge is 0.0460 e. The molecule has 0 bridgehead atoms. The fourth-order valence-electron chi connectivity index (χ4n) is 1.65. The lowest BCUT2D eigenvalue weighted by molar-refractivity contribution is 0.705. The molecule has 1 heterocycles. The van der Waals surface area contributed by atoms with Crippen LogP contribution in [0.5, 0.6) is 0 Å². The van der Waals surface area contributed by atoms with Gasteiger partial charge in [-0.25, -0.2) is 0 Å². The predicted octanol–water partition coefficient (Wildman–Crippen LogP) is 3.74. The van der Waals surface area contributed by atoms with Gasteiger partial charge in [0.05, 0.1) is 0 Å². The van der Waals surface area contributed by atoms with Crippen LogP contribution in [0.25, 0.3) is 0 Å². The van der Waals surface area contributed by atoms with Crippen molar-refractivity contribution in [2.75, 3.05) is 5.75 Å². The fourth-order valence-corrected chi connectivity index (χ4v) is 3.72. The molecular weight excluding hydrogens is 282 g/mol. The molecule has 2 rings (SSSR count). The second-order valence-corrected chi connectivity index (χ2v) is 5.83. The number of benzene rings is 1. The maximum absolute atomic E-state index is 6.19. The van der Waals surface area contributed by atoms with Crippen molar-refractivity contribution in [1.29, 1.82) is 0 Å². The Balaban J connectivity index is 2.53. The van der Waals surface area contributed by atoms with Crippen molar-refractivity contribution in [3.05, 3.63) is 32.8 Å². The summed E-state index contributed by atoms with van der Waals surface area (Å²) in [6.07, 6.45) is 1.03.